The molecular formula is C26H28N6O6. The molecule has 0 bridgehead atoms. The number of urea groups is 1. The maximum Gasteiger partial charge on any atom is 0.410 e. The van der Waals surface area contributed by atoms with Gasteiger partial charge in [-0.25, -0.2) is 19.6 Å². The van der Waals surface area contributed by atoms with Crippen LogP contribution in [0.5, 0.6) is 5.75 Å². The molecule has 0 radical (unpaired) electrons. The van der Waals surface area contributed by atoms with Crippen LogP contribution in [0.2, 0.25) is 0 Å². The summed E-state index contributed by atoms with van der Waals surface area (Å²) >= 11 is 0. The Morgan fingerprint density at radius 1 is 1.39 bits per heavy atom. The SMILES string of the molecule is COC[C@@H](C)Oc1cc(NC(=O)N2CCCc3cc(CN4C(=O)OCC45CC5)c(C=O)nc32)ncc1C#N. The highest BCUT2D eigenvalue weighted by atomic mass is 16.6. The van der Waals surface area contributed by atoms with Crippen molar-refractivity contribution in [1.29, 1.82) is 5.26 Å². The van der Waals surface area contributed by atoms with Gasteiger partial charge in [0, 0.05) is 25.3 Å². The second-order valence-corrected chi connectivity index (χ2v) is 9.75. The molecule has 1 spiro atoms. The van der Waals surface area contributed by atoms with Crippen LogP contribution in [-0.2, 0) is 22.4 Å². The number of aryl methyl sites for hydroxylation is 1. The lowest BCUT2D eigenvalue weighted by molar-refractivity contribution is 0.0919. The van der Waals surface area contributed by atoms with Crippen LogP contribution in [0.1, 0.15) is 53.4 Å². The molecule has 2 aliphatic heterocycles. The number of methoxy groups -OCH3 is 1. The van der Waals surface area contributed by atoms with Crippen molar-refractivity contribution in [1.82, 2.24) is 14.9 Å². The summed E-state index contributed by atoms with van der Waals surface area (Å²) in [5.74, 6) is 0.875. The summed E-state index contributed by atoms with van der Waals surface area (Å²) in [6.45, 7) is 3.13. The molecular weight excluding hydrogens is 492 g/mol. The molecule has 2 aromatic rings. The van der Waals surface area contributed by atoms with Gasteiger partial charge in [-0.05, 0) is 44.2 Å². The lowest BCUT2D eigenvalue weighted by Crippen LogP contribution is -2.40. The first-order valence-electron chi connectivity index (χ1n) is 12.4. The number of pyridine rings is 2. The van der Waals surface area contributed by atoms with E-state index in [1.807, 2.05) is 12.1 Å². The second-order valence-electron chi connectivity index (χ2n) is 9.75. The van der Waals surface area contributed by atoms with Crippen LogP contribution < -0.4 is 15.0 Å². The van der Waals surface area contributed by atoms with E-state index >= 15 is 0 Å². The molecule has 5 rings (SSSR count). The van der Waals surface area contributed by atoms with Gasteiger partial charge in [0.25, 0.3) is 0 Å². The number of nitriles is 1. The van der Waals surface area contributed by atoms with Crippen molar-refractivity contribution in [2.24, 2.45) is 0 Å². The fourth-order valence-corrected chi connectivity index (χ4v) is 4.84. The first kappa shape index (κ1) is 25.4. The minimum Gasteiger partial charge on any atom is -0.487 e. The van der Waals surface area contributed by atoms with Gasteiger partial charge in [0.2, 0.25) is 0 Å². The van der Waals surface area contributed by atoms with Gasteiger partial charge in [0.05, 0.1) is 24.9 Å². The maximum absolute atomic E-state index is 13.3. The number of aldehydes is 1. The highest BCUT2D eigenvalue weighted by Crippen LogP contribution is 2.46. The van der Waals surface area contributed by atoms with E-state index in [0.29, 0.717) is 50.3 Å². The number of ether oxygens (including phenoxy) is 3. The van der Waals surface area contributed by atoms with Crippen molar-refractivity contribution in [2.45, 2.75) is 50.8 Å². The third kappa shape index (κ3) is 4.84. The lowest BCUT2D eigenvalue weighted by atomic mass is 10.0. The Balaban J connectivity index is 1.36. The number of hydrogen-bond acceptors (Lipinski definition) is 9. The Morgan fingerprint density at radius 2 is 2.21 bits per heavy atom. The Hall–Kier alpha value is -4.24. The first-order valence-corrected chi connectivity index (χ1v) is 12.4. The number of aromatic nitrogens is 2. The molecule has 1 saturated carbocycles. The highest BCUT2D eigenvalue weighted by molar-refractivity contribution is 6.01. The molecule has 2 aromatic heterocycles. The van der Waals surface area contributed by atoms with Gasteiger partial charge < -0.3 is 14.2 Å². The van der Waals surface area contributed by atoms with Gasteiger partial charge in [0.1, 0.15) is 47.4 Å². The van der Waals surface area contributed by atoms with E-state index in [2.05, 4.69) is 15.3 Å². The molecule has 4 heterocycles. The first-order chi connectivity index (χ1) is 18.4. The number of nitrogens with one attached hydrogen (secondary N) is 1. The Kier molecular flexibility index (Phi) is 6.86. The number of carbonyl (C=O) groups excluding carboxylic acids is 3. The van der Waals surface area contributed by atoms with Gasteiger partial charge in [0.15, 0.2) is 6.29 Å². The quantitative estimate of drug-likeness (QED) is 0.519. The zero-order valence-corrected chi connectivity index (χ0v) is 21.2. The minimum absolute atomic E-state index is 0.179. The summed E-state index contributed by atoms with van der Waals surface area (Å²) in [7, 11) is 1.55. The zero-order valence-electron chi connectivity index (χ0n) is 21.2. The summed E-state index contributed by atoms with van der Waals surface area (Å²) < 4.78 is 16.1. The number of hydrogen-bond donors (Lipinski definition) is 1. The zero-order chi connectivity index (χ0) is 26.9. The average Bonchev–Trinajstić information content (AvgIpc) is 3.64. The molecule has 12 heteroatoms. The highest BCUT2D eigenvalue weighted by Gasteiger charge is 2.56. The van der Waals surface area contributed by atoms with Crippen LogP contribution >= 0.6 is 0 Å². The maximum atomic E-state index is 13.3. The molecule has 1 saturated heterocycles. The molecule has 1 N–H and O–H groups in total. The van der Waals surface area contributed by atoms with Crippen molar-refractivity contribution in [2.75, 3.05) is 37.1 Å². The van der Waals surface area contributed by atoms with Crippen LogP contribution in [0.15, 0.2) is 18.3 Å². The molecule has 0 aromatic carbocycles. The van der Waals surface area contributed by atoms with Gasteiger partial charge in [-0.3, -0.25) is 19.9 Å². The van der Waals surface area contributed by atoms with Crippen molar-refractivity contribution in [3.63, 3.8) is 0 Å². The summed E-state index contributed by atoms with van der Waals surface area (Å²) in [6, 6.07) is 4.90. The van der Waals surface area contributed by atoms with Gasteiger partial charge >= 0.3 is 12.1 Å². The van der Waals surface area contributed by atoms with E-state index in [9.17, 15) is 19.6 Å². The largest absolute Gasteiger partial charge is 0.487 e. The Bertz CT molecular complexity index is 1320. The molecule has 3 aliphatic rings. The Morgan fingerprint density at radius 3 is 2.92 bits per heavy atom. The number of amides is 3. The van der Waals surface area contributed by atoms with Crippen molar-refractivity contribution < 1.29 is 28.6 Å². The smallest absolute Gasteiger partial charge is 0.410 e. The van der Waals surface area contributed by atoms with Crippen LogP contribution in [-0.4, -0.2) is 71.8 Å². The van der Waals surface area contributed by atoms with Crippen molar-refractivity contribution in [3.8, 4) is 11.8 Å². The van der Waals surface area contributed by atoms with Crippen LogP contribution in [0.3, 0.4) is 0 Å². The fourth-order valence-electron chi connectivity index (χ4n) is 4.84. The van der Waals surface area contributed by atoms with E-state index in [1.54, 1.807) is 18.9 Å². The third-order valence-electron chi connectivity index (χ3n) is 7.00. The lowest BCUT2D eigenvalue weighted by Gasteiger charge is -2.30. The summed E-state index contributed by atoms with van der Waals surface area (Å²) in [5, 5.41) is 12.1. The molecule has 1 atom stereocenters. The van der Waals surface area contributed by atoms with Gasteiger partial charge in [-0.2, -0.15) is 5.26 Å². The normalized spacial score (nSPS) is 17.9. The average molecular weight is 521 g/mol. The second kappa shape index (κ2) is 10.3. The van der Waals surface area contributed by atoms with E-state index in [-0.39, 0.29) is 47.1 Å². The van der Waals surface area contributed by atoms with Crippen LogP contribution in [0.4, 0.5) is 21.2 Å². The van der Waals surface area contributed by atoms with Crippen molar-refractivity contribution in [3.05, 3.63) is 40.7 Å². The summed E-state index contributed by atoms with van der Waals surface area (Å²) in [4.78, 5) is 49.4. The fraction of sp³-hybridized carbons (Fsp3) is 0.462. The monoisotopic (exact) mass is 520 g/mol. The summed E-state index contributed by atoms with van der Waals surface area (Å²) in [5.41, 5.74) is 1.59. The minimum atomic E-state index is -0.476. The molecule has 1 aliphatic carbocycles. The van der Waals surface area contributed by atoms with Gasteiger partial charge in [-0.1, -0.05) is 0 Å². The topological polar surface area (TPSA) is 147 Å². The van der Waals surface area contributed by atoms with Crippen LogP contribution in [0.25, 0.3) is 0 Å². The Labute approximate surface area is 219 Å². The van der Waals surface area contributed by atoms with E-state index in [1.165, 1.54) is 17.2 Å². The number of anilines is 2. The predicted molar refractivity (Wildman–Crippen MR) is 134 cm³/mol. The standard InChI is InChI=1S/C26H28N6O6/c1-16(14-36-2)38-21-9-22(28-11-19(21)10-27)30-24(34)31-7-3-4-17-8-18(20(13-33)29-23(17)31)12-32-25(35)37-15-26(32)5-6-26/h8-9,11,13,16H,3-7,12,14-15H2,1-2H3,(H,28,30,34)/t16-/m1/s1. The number of cyclic esters (lactones) is 1. The molecule has 12 nitrogen and oxygen atoms in total. The number of nitrogens with zero attached hydrogens (tertiary/aromatic N) is 5. The third-order valence-corrected chi connectivity index (χ3v) is 7.00. The molecule has 0 unspecified atom stereocenters. The van der Waals surface area contributed by atoms with Crippen molar-refractivity contribution >= 4 is 30.0 Å². The predicted octanol–water partition coefficient (Wildman–Crippen LogP) is 3.04. The van der Waals surface area contributed by atoms with E-state index < -0.39 is 6.03 Å². The molecule has 2 fully saturated rings. The number of rotatable bonds is 8. The van der Waals surface area contributed by atoms with Crippen LogP contribution in [0, 0.1) is 11.3 Å². The number of carbonyl (C=O) groups is 3. The molecule has 38 heavy (non-hydrogen) atoms. The van der Waals surface area contributed by atoms with E-state index in [4.69, 9.17) is 14.2 Å². The molecule has 198 valence electrons. The van der Waals surface area contributed by atoms with E-state index in [0.717, 1.165) is 18.4 Å². The summed E-state index contributed by atoms with van der Waals surface area (Å²) in [6.07, 6.45) is 4.41. The molecule has 3 amide bonds. The van der Waals surface area contributed by atoms with Gasteiger partial charge in [-0.15, -0.1) is 0 Å². The number of fused-ring (bicyclic) bond motifs is 1.